The lowest BCUT2D eigenvalue weighted by molar-refractivity contribution is -0.128. The van der Waals surface area contributed by atoms with E-state index in [-0.39, 0.29) is 0 Å². The maximum absolute atomic E-state index is 11.0. The van der Waals surface area contributed by atoms with E-state index in [9.17, 15) is 4.79 Å². The molecule has 2 aromatic carbocycles. The number of esters is 1. The molecule has 2 nitrogen and oxygen atoms in total. The lowest BCUT2D eigenvalue weighted by Crippen LogP contribution is -2.02. The van der Waals surface area contributed by atoms with Crippen molar-refractivity contribution in [1.29, 1.82) is 0 Å². The molecule has 0 bridgehead atoms. The fraction of sp³-hybridized carbons (Fsp3) is 0. The van der Waals surface area contributed by atoms with E-state index in [0.717, 1.165) is 17.2 Å². The van der Waals surface area contributed by atoms with Crippen LogP contribution in [0.1, 0.15) is 11.1 Å². The van der Waals surface area contributed by atoms with Crippen molar-refractivity contribution in [3.8, 4) is 5.75 Å². The largest absolute Gasteiger partial charge is 0.423 e. The summed E-state index contributed by atoms with van der Waals surface area (Å²) in [5, 5.41) is 0. The molecule has 0 heterocycles. The molecular weight excluding hydrogens is 236 g/mol. The predicted octanol–water partition coefficient (Wildman–Crippen LogP) is 3.95. The van der Waals surface area contributed by atoms with Crippen molar-refractivity contribution < 1.29 is 9.53 Å². The number of hydrogen-bond acceptors (Lipinski definition) is 2. The maximum atomic E-state index is 11.0. The molecule has 0 aliphatic heterocycles. The Balaban J connectivity index is 2.05. The molecule has 0 saturated carbocycles. The van der Waals surface area contributed by atoms with Crippen LogP contribution >= 0.6 is 0 Å². The zero-order chi connectivity index (χ0) is 13.5. The van der Waals surface area contributed by atoms with Gasteiger partial charge in [-0.15, -0.1) is 0 Å². The average molecular weight is 250 g/mol. The van der Waals surface area contributed by atoms with Gasteiger partial charge in [-0.3, -0.25) is 0 Å². The zero-order valence-corrected chi connectivity index (χ0v) is 10.5. The summed E-state index contributed by atoms with van der Waals surface area (Å²) >= 11 is 0. The molecule has 0 N–H and O–H groups in total. The van der Waals surface area contributed by atoms with Crippen molar-refractivity contribution in [2.45, 2.75) is 0 Å². The third-order valence-corrected chi connectivity index (χ3v) is 2.53. The zero-order valence-electron chi connectivity index (χ0n) is 10.5. The van der Waals surface area contributed by atoms with Gasteiger partial charge in [0.25, 0.3) is 0 Å². The Bertz CT molecular complexity index is 580. The fourth-order valence-electron chi connectivity index (χ4n) is 1.56. The van der Waals surface area contributed by atoms with E-state index in [4.69, 9.17) is 4.74 Å². The Morgan fingerprint density at radius 2 is 1.47 bits per heavy atom. The molecule has 2 rings (SSSR count). The highest BCUT2D eigenvalue weighted by Crippen LogP contribution is 2.14. The van der Waals surface area contributed by atoms with E-state index in [1.54, 1.807) is 12.1 Å². The summed E-state index contributed by atoms with van der Waals surface area (Å²) in [6.07, 6.45) is 5.18. The van der Waals surface area contributed by atoms with Gasteiger partial charge >= 0.3 is 5.97 Å². The molecule has 0 amide bonds. The van der Waals surface area contributed by atoms with E-state index in [1.807, 2.05) is 54.6 Å². The van der Waals surface area contributed by atoms with E-state index in [0.29, 0.717) is 5.75 Å². The fourth-order valence-corrected chi connectivity index (χ4v) is 1.56. The molecule has 0 saturated heterocycles. The van der Waals surface area contributed by atoms with E-state index in [2.05, 4.69) is 6.58 Å². The van der Waals surface area contributed by atoms with Crippen LogP contribution in [0.15, 0.2) is 67.3 Å². The van der Waals surface area contributed by atoms with Gasteiger partial charge in [-0.1, -0.05) is 61.2 Å². The number of carbonyl (C=O) groups excluding carboxylic acids is 1. The van der Waals surface area contributed by atoms with Crippen LogP contribution in [-0.2, 0) is 4.79 Å². The van der Waals surface area contributed by atoms with Crippen molar-refractivity contribution in [1.82, 2.24) is 0 Å². The quantitative estimate of drug-likeness (QED) is 0.355. The van der Waals surface area contributed by atoms with Gasteiger partial charge in [0.05, 0.1) is 0 Å². The second-order valence-corrected chi connectivity index (χ2v) is 3.94. The molecule has 0 spiro atoms. The standard InChI is InChI=1S/C17H14O2/c1-2-17(18)19-16-12-10-15(11-13-16)9-8-14-6-4-3-5-7-14/h2-13H,1H2/b9-8+. The second kappa shape index (κ2) is 6.36. The third-order valence-electron chi connectivity index (χ3n) is 2.53. The molecule has 0 fully saturated rings. The SMILES string of the molecule is C=CC(=O)Oc1ccc(/C=C/c2ccccc2)cc1. The summed E-state index contributed by atoms with van der Waals surface area (Å²) in [4.78, 5) is 11.0. The Hall–Kier alpha value is -2.61. The molecule has 0 radical (unpaired) electrons. The molecule has 2 heteroatoms. The summed E-state index contributed by atoms with van der Waals surface area (Å²) in [7, 11) is 0. The predicted molar refractivity (Wildman–Crippen MR) is 77.6 cm³/mol. The maximum Gasteiger partial charge on any atom is 0.335 e. The van der Waals surface area contributed by atoms with E-state index in [1.165, 1.54) is 0 Å². The van der Waals surface area contributed by atoms with Gasteiger partial charge in [0.1, 0.15) is 5.75 Å². The summed E-state index contributed by atoms with van der Waals surface area (Å²) in [5.41, 5.74) is 2.19. The first kappa shape index (κ1) is 12.8. The highest BCUT2D eigenvalue weighted by Gasteiger charge is 1.98. The van der Waals surface area contributed by atoms with Crippen molar-refractivity contribution in [3.05, 3.63) is 78.4 Å². The number of hydrogen-bond donors (Lipinski definition) is 0. The Morgan fingerprint density at radius 3 is 2.05 bits per heavy atom. The Labute approximate surface area is 112 Å². The van der Waals surface area contributed by atoms with Crippen LogP contribution in [0.5, 0.6) is 5.75 Å². The number of carbonyl (C=O) groups is 1. The van der Waals surface area contributed by atoms with Crippen LogP contribution in [0.2, 0.25) is 0 Å². The third kappa shape index (κ3) is 3.96. The summed E-state index contributed by atoms with van der Waals surface area (Å²) in [6.45, 7) is 3.35. The van der Waals surface area contributed by atoms with Crippen molar-refractivity contribution in [3.63, 3.8) is 0 Å². The minimum absolute atomic E-state index is 0.451. The molecular formula is C17H14O2. The van der Waals surface area contributed by atoms with Crippen LogP contribution in [0.25, 0.3) is 12.2 Å². The minimum atomic E-state index is -0.451. The Kier molecular flexibility index (Phi) is 4.29. The van der Waals surface area contributed by atoms with Crippen LogP contribution < -0.4 is 4.74 Å². The molecule has 0 atom stereocenters. The first-order valence-electron chi connectivity index (χ1n) is 5.95. The molecule has 19 heavy (non-hydrogen) atoms. The number of rotatable bonds is 4. The van der Waals surface area contributed by atoms with Crippen LogP contribution in [0.4, 0.5) is 0 Å². The van der Waals surface area contributed by atoms with Crippen molar-refractivity contribution in [2.75, 3.05) is 0 Å². The molecule has 2 aromatic rings. The van der Waals surface area contributed by atoms with Crippen molar-refractivity contribution >= 4 is 18.1 Å². The first-order valence-corrected chi connectivity index (χ1v) is 5.95. The summed E-state index contributed by atoms with van der Waals surface area (Å²) < 4.78 is 5.00. The molecule has 0 unspecified atom stereocenters. The lowest BCUT2D eigenvalue weighted by atomic mass is 10.1. The van der Waals surface area contributed by atoms with Gasteiger partial charge < -0.3 is 4.74 Å². The molecule has 0 aliphatic rings. The topological polar surface area (TPSA) is 26.3 Å². The highest BCUT2D eigenvalue weighted by molar-refractivity contribution is 5.83. The summed E-state index contributed by atoms with van der Waals surface area (Å²) in [6, 6.07) is 17.4. The Morgan fingerprint density at radius 1 is 0.895 bits per heavy atom. The van der Waals surface area contributed by atoms with Gasteiger partial charge in [-0.2, -0.15) is 0 Å². The molecule has 0 aliphatic carbocycles. The minimum Gasteiger partial charge on any atom is -0.423 e. The molecule has 0 aromatic heterocycles. The highest BCUT2D eigenvalue weighted by atomic mass is 16.5. The van der Waals surface area contributed by atoms with Crippen LogP contribution in [0.3, 0.4) is 0 Å². The van der Waals surface area contributed by atoms with E-state index < -0.39 is 5.97 Å². The second-order valence-electron chi connectivity index (χ2n) is 3.94. The smallest absolute Gasteiger partial charge is 0.335 e. The van der Waals surface area contributed by atoms with E-state index >= 15 is 0 Å². The van der Waals surface area contributed by atoms with Crippen molar-refractivity contribution in [2.24, 2.45) is 0 Å². The van der Waals surface area contributed by atoms with Gasteiger partial charge in [-0.05, 0) is 23.3 Å². The average Bonchev–Trinajstić information content (AvgIpc) is 2.47. The van der Waals surface area contributed by atoms with Crippen LogP contribution in [-0.4, -0.2) is 5.97 Å². The monoisotopic (exact) mass is 250 g/mol. The van der Waals surface area contributed by atoms with Gasteiger partial charge in [0.2, 0.25) is 0 Å². The molecule has 94 valence electrons. The number of ether oxygens (including phenoxy) is 1. The van der Waals surface area contributed by atoms with Gasteiger partial charge in [0, 0.05) is 6.08 Å². The number of benzene rings is 2. The van der Waals surface area contributed by atoms with Gasteiger partial charge in [-0.25, -0.2) is 4.79 Å². The lowest BCUT2D eigenvalue weighted by Gasteiger charge is -2.01. The van der Waals surface area contributed by atoms with Crippen LogP contribution in [0, 0.1) is 0 Å². The normalized spacial score (nSPS) is 10.3. The first-order chi connectivity index (χ1) is 9.28. The summed E-state index contributed by atoms with van der Waals surface area (Å²) in [5.74, 6) is 0.0642. The van der Waals surface area contributed by atoms with Gasteiger partial charge in [0.15, 0.2) is 0 Å².